The smallest absolute Gasteiger partial charge is 0.261 e. The lowest BCUT2D eigenvalue weighted by Crippen LogP contribution is -2.84. The van der Waals surface area contributed by atoms with E-state index in [1.54, 1.807) is 18.2 Å². The maximum Gasteiger partial charge on any atom is 0.261 e. The Labute approximate surface area is 205 Å². The lowest BCUT2D eigenvalue weighted by molar-refractivity contribution is -0.155. The predicted molar refractivity (Wildman–Crippen MR) is 123 cm³/mol. The van der Waals surface area contributed by atoms with Gasteiger partial charge in [-0.05, 0) is 56.0 Å². The van der Waals surface area contributed by atoms with Crippen LogP contribution in [0.3, 0.4) is 0 Å². The quantitative estimate of drug-likeness (QED) is 0.553. The summed E-state index contributed by atoms with van der Waals surface area (Å²) < 4.78 is 24.9. The number of ether oxygens (including phenoxy) is 2. The summed E-state index contributed by atoms with van der Waals surface area (Å²) in [5, 5.41) is 16.8. The Bertz CT molecular complexity index is 1170. The molecule has 10 heteroatoms. The molecular formula is C24H23Cl2FN2O5. The van der Waals surface area contributed by atoms with Gasteiger partial charge in [-0.3, -0.25) is 9.59 Å². The van der Waals surface area contributed by atoms with Crippen LogP contribution in [0.15, 0.2) is 30.3 Å². The molecule has 4 aliphatic rings. The summed E-state index contributed by atoms with van der Waals surface area (Å²) >= 11 is 11.8. The van der Waals surface area contributed by atoms with Crippen molar-refractivity contribution in [1.82, 2.24) is 10.6 Å². The van der Waals surface area contributed by atoms with Crippen LogP contribution in [0.1, 0.15) is 42.9 Å². The molecule has 2 aromatic rings. The van der Waals surface area contributed by atoms with Gasteiger partial charge in [0, 0.05) is 34.2 Å². The SMILES string of the molecule is Cc1cc(OCC(=O)NC23CC(NC(=O)[C@H]4C[C@@H](O)c5cc(F)c(Cl)cc5O4)(C2)C3)ccc1Cl. The van der Waals surface area contributed by atoms with Gasteiger partial charge in [-0.15, -0.1) is 0 Å². The van der Waals surface area contributed by atoms with Crippen LogP contribution in [0.25, 0.3) is 0 Å². The summed E-state index contributed by atoms with van der Waals surface area (Å²) in [6, 6.07) is 7.60. The fourth-order valence-electron chi connectivity index (χ4n) is 5.18. The van der Waals surface area contributed by atoms with Crippen LogP contribution in [0.5, 0.6) is 11.5 Å². The zero-order valence-electron chi connectivity index (χ0n) is 18.3. The van der Waals surface area contributed by atoms with Gasteiger partial charge in [0.1, 0.15) is 17.3 Å². The molecule has 3 fully saturated rings. The number of fused-ring (bicyclic) bond motifs is 1. The molecule has 180 valence electrons. The normalized spacial score (nSPS) is 28.5. The van der Waals surface area contributed by atoms with Crippen molar-refractivity contribution in [3.8, 4) is 11.5 Å². The van der Waals surface area contributed by atoms with Crippen molar-refractivity contribution >= 4 is 35.0 Å². The molecule has 0 radical (unpaired) electrons. The number of amides is 2. The van der Waals surface area contributed by atoms with Crippen molar-refractivity contribution in [2.75, 3.05) is 6.61 Å². The molecule has 2 amide bonds. The topological polar surface area (TPSA) is 96.9 Å². The van der Waals surface area contributed by atoms with Crippen LogP contribution in [0.2, 0.25) is 10.0 Å². The first kappa shape index (κ1) is 23.2. The highest BCUT2D eigenvalue weighted by molar-refractivity contribution is 6.31. The highest BCUT2D eigenvalue weighted by Crippen LogP contribution is 2.60. The molecule has 3 aliphatic carbocycles. The van der Waals surface area contributed by atoms with Crippen molar-refractivity contribution in [2.24, 2.45) is 0 Å². The highest BCUT2D eigenvalue weighted by Gasteiger charge is 2.69. The molecule has 3 saturated carbocycles. The zero-order valence-corrected chi connectivity index (χ0v) is 19.8. The van der Waals surface area contributed by atoms with Crippen molar-refractivity contribution < 1.29 is 28.6 Å². The van der Waals surface area contributed by atoms with Crippen LogP contribution in [0, 0.1) is 12.7 Å². The van der Waals surface area contributed by atoms with Crippen molar-refractivity contribution in [1.29, 1.82) is 0 Å². The Morgan fingerprint density at radius 2 is 1.85 bits per heavy atom. The Morgan fingerprint density at radius 1 is 1.15 bits per heavy atom. The van der Waals surface area contributed by atoms with Gasteiger partial charge in [0.05, 0.1) is 11.1 Å². The standard InChI is InChI=1S/C24H23Cl2FN2O5/c1-12-4-13(2-3-15(12)25)33-8-21(31)28-23-9-24(10-23,11-23)29-22(32)20-7-18(30)14-5-17(27)16(26)6-19(14)34-20/h2-6,18,20,30H,7-11H2,1H3,(H,28,31)(H,29,32)/t18-,20-,23?,24?/m1/s1. The molecule has 2 aromatic carbocycles. The van der Waals surface area contributed by atoms with E-state index in [1.807, 2.05) is 6.92 Å². The summed E-state index contributed by atoms with van der Waals surface area (Å²) in [4.78, 5) is 25.1. The molecule has 34 heavy (non-hydrogen) atoms. The zero-order chi connectivity index (χ0) is 24.3. The molecule has 0 spiro atoms. The monoisotopic (exact) mass is 508 g/mol. The van der Waals surface area contributed by atoms with Gasteiger partial charge < -0.3 is 25.2 Å². The third kappa shape index (κ3) is 4.19. The fraction of sp³-hybridized carbons (Fsp3) is 0.417. The number of aryl methyl sites for hydroxylation is 1. The summed E-state index contributed by atoms with van der Waals surface area (Å²) in [6.07, 6.45) is -0.102. The molecular weight excluding hydrogens is 486 g/mol. The summed E-state index contributed by atoms with van der Waals surface area (Å²) in [5.74, 6) is -0.472. The number of benzene rings is 2. The number of carbonyl (C=O) groups excluding carboxylic acids is 2. The van der Waals surface area contributed by atoms with Gasteiger partial charge in [0.25, 0.3) is 11.8 Å². The van der Waals surface area contributed by atoms with Crippen LogP contribution in [0.4, 0.5) is 4.39 Å². The molecule has 6 rings (SSSR count). The van der Waals surface area contributed by atoms with Crippen LogP contribution in [-0.2, 0) is 9.59 Å². The summed E-state index contributed by atoms with van der Waals surface area (Å²) in [6.45, 7) is 1.75. The Balaban J connectivity index is 1.11. The van der Waals surface area contributed by atoms with Crippen molar-refractivity contribution in [2.45, 2.75) is 55.9 Å². The molecule has 0 unspecified atom stereocenters. The van der Waals surface area contributed by atoms with Gasteiger partial charge >= 0.3 is 0 Å². The summed E-state index contributed by atoms with van der Waals surface area (Å²) in [7, 11) is 0. The Kier molecular flexibility index (Phi) is 5.66. The molecule has 7 nitrogen and oxygen atoms in total. The maximum absolute atomic E-state index is 13.7. The minimum absolute atomic E-state index is 0.0133. The van der Waals surface area contributed by atoms with Crippen molar-refractivity contribution in [3.05, 3.63) is 57.3 Å². The van der Waals surface area contributed by atoms with Gasteiger partial charge in [-0.1, -0.05) is 23.2 Å². The number of aliphatic hydroxyl groups excluding tert-OH is 1. The first-order chi connectivity index (χ1) is 16.1. The van der Waals surface area contributed by atoms with E-state index in [9.17, 15) is 19.1 Å². The number of nitrogens with one attached hydrogen (secondary N) is 2. The highest BCUT2D eigenvalue weighted by atomic mass is 35.5. The van der Waals surface area contributed by atoms with Gasteiger partial charge in [0.2, 0.25) is 0 Å². The Hall–Kier alpha value is -2.55. The number of rotatable bonds is 6. The number of halogens is 3. The van der Waals surface area contributed by atoms with Crippen molar-refractivity contribution in [3.63, 3.8) is 0 Å². The largest absolute Gasteiger partial charge is 0.484 e. The molecule has 1 heterocycles. The molecule has 3 N–H and O–H groups in total. The van der Waals surface area contributed by atoms with Crippen LogP contribution in [-0.4, -0.2) is 40.7 Å². The first-order valence-electron chi connectivity index (χ1n) is 10.9. The van der Waals surface area contributed by atoms with E-state index in [1.165, 1.54) is 6.07 Å². The Morgan fingerprint density at radius 3 is 2.56 bits per heavy atom. The third-order valence-corrected chi connectivity index (χ3v) is 7.45. The van der Waals surface area contributed by atoms with E-state index < -0.39 is 23.6 Å². The van der Waals surface area contributed by atoms with E-state index in [0.717, 1.165) is 11.6 Å². The maximum atomic E-state index is 13.7. The fourth-order valence-corrected chi connectivity index (χ4v) is 5.45. The van der Waals surface area contributed by atoms with Gasteiger partial charge in [0.15, 0.2) is 12.7 Å². The third-order valence-electron chi connectivity index (χ3n) is 6.73. The van der Waals surface area contributed by atoms with E-state index in [0.29, 0.717) is 30.0 Å². The van der Waals surface area contributed by atoms with E-state index in [2.05, 4.69) is 10.6 Å². The lowest BCUT2D eigenvalue weighted by atomic mass is 9.44. The second kappa shape index (κ2) is 8.29. The van der Waals surface area contributed by atoms with E-state index in [-0.39, 0.29) is 46.7 Å². The second-order valence-corrected chi connectivity index (χ2v) is 10.3. The molecule has 0 aromatic heterocycles. The van der Waals surface area contributed by atoms with Crippen LogP contribution < -0.4 is 20.1 Å². The first-order valence-corrected chi connectivity index (χ1v) is 11.7. The summed E-state index contributed by atoms with van der Waals surface area (Å²) in [5.41, 5.74) is 0.404. The molecule has 0 saturated heterocycles. The van der Waals surface area contributed by atoms with E-state index >= 15 is 0 Å². The number of carbonyl (C=O) groups is 2. The average Bonchev–Trinajstić information content (AvgIpc) is 2.73. The molecule has 2 atom stereocenters. The predicted octanol–water partition coefficient (Wildman–Crippen LogP) is 3.61. The minimum Gasteiger partial charge on any atom is -0.484 e. The minimum atomic E-state index is -1.03. The van der Waals surface area contributed by atoms with Crippen LogP contribution >= 0.6 is 23.2 Å². The van der Waals surface area contributed by atoms with E-state index in [4.69, 9.17) is 32.7 Å². The average molecular weight is 509 g/mol. The van der Waals surface area contributed by atoms with Gasteiger partial charge in [-0.25, -0.2) is 4.39 Å². The number of hydrogen-bond acceptors (Lipinski definition) is 5. The molecule has 2 bridgehead atoms. The van der Waals surface area contributed by atoms with Gasteiger partial charge in [-0.2, -0.15) is 0 Å². The lowest BCUT2D eigenvalue weighted by Gasteiger charge is -2.70. The number of aliphatic hydroxyl groups is 1. The second-order valence-electron chi connectivity index (χ2n) is 9.49. The number of hydrogen-bond donors (Lipinski definition) is 3. The molecule has 1 aliphatic heterocycles.